The van der Waals surface area contributed by atoms with Gasteiger partial charge in [-0.3, -0.25) is 0 Å². The van der Waals surface area contributed by atoms with E-state index in [2.05, 4.69) is 64.5 Å². The zero-order valence-corrected chi connectivity index (χ0v) is 13.0. The average molecular weight is 311 g/mol. The summed E-state index contributed by atoms with van der Waals surface area (Å²) in [5.41, 5.74) is 1.79. The third-order valence-corrected chi connectivity index (χ3v) is 4.67. The Morgan fingerprint density at radius 1 is 1.22 bits per heavy atom. The molecule has 1 unspecified atom stereocenters. The molecular weight excluding hydrogens is 288 g/mol. The molecule has 1 saturated heterocycles. The van der Waals surface area contributed by atoms with E-state index in [-0.39, 0.29) is 0 Å². The van der Waals surface area contributed by atoms with Crippen LogP contribution in [0.25, 0.3) is 0 Å². The Balaban J connectivity index is 2.27. The molecule has 0 saturated carbocycles. The van der Waals surface area contributed by atoms with Crippen LogP contribution in [0.3, 0.4) is 0 Å². The summed E-state index contributed by atoms with van der Waals surface area (Å²) >= 11 is 3.53. The fourth-order valence-electron chi connectivity index (χ4n) is 3.04. The van der Waals surface area contributed by atoms with Crippen molar-refractivity contribution in [3.8, 4) is 0 Å². The number of halogens is 1. The molecule has 1 aromatic carbocycles. The maximum absolute atomic E-state index is 3.53. The fraction of sp³-hybridized carbons (Fsp3) is 0.600. The first-order valence-corrected chi connectivity index (χ1v) is 7.55. The smallest absolute Gasteiger partial charge is 0.0175 e. The summed E-state index contributed by atoms with van der Waals surface area (Å²) in [4.78, 5) is 2.45. The van der Waals surface area contributed by atoms with Crippen LogP contribution in [0.1, 0.15) is 24.8 Å². The first kappa shape index (κ1) is 14.0. The first-order valence-electron chi connectivity index (χ1n) is 6.75. The number of likely N-dealkylation sites (tertiary alicyclic amines) is 1. The van der Waals surface area contributed by atoms with Crippen molar-refractivity contribution >= 4 is 15.9 Å². The third kappa shape index (κ3) is 3.14. The van der Waals surface area contributed by atoms with Crippen molar-refractivity contribution in [3.05, 3.63) is 34.3 Å². The molecule has 0 radical (unpaired) electrons. The maximum atomic E-state index is 3.53. The molecule has 1 aliphatic heterocycles. The van der Waals surface area contributed by atoms with Crippen LogP contribution in [0.15, 0.2) is 28.7 Å². The van der Waals surface area contributed by atoms with Crippen molar-refractivity contribution in [2.75, 3.05) is 33.7 Å². The van der Waals surface area contributed by atoms with Gasteiger partial charge in [0, 0.05) is 16.4 Å². The molecule has 0 aromatic heterocycles. The van der Waals surface area contributed by atoms with E-state index in [1.165, 1.54) is 37.9 Å². The molecule has 100 valence electrons. The van der Waals surface area contributed by atoms with Gasteiger partial charge in [0.25, 0.3) is 0 Å². The standard InChI is InChI=1S/C15H23BrN2/c1-17-12-15(8-3-10-18(2)11-9-15)13-4-6-14(16)7-5-13/h4-7,17H,3,8-12H2,1-2H3. The monoisotopic (exact) mass is 310 g/mol. The van der Waals surface area contributed by atoms with E-state index in [0.29, 0.717) is 5.41 Å². The molecule has 2 rings (SSSR count). The lowest BCUT2D eigenvalue weighted by molar-refractivity contribution is 0.322. The quantitative estimate of drug-likeness (QED) is 0.923. The van der Waals surface area contributed by atoms with Crippen LogP contribution in [-0.2, 0) is 5.41 Å². The molecule has 0 amide bonds. The highest BCUT2D eigenvalue weighted by molar-refractivity contribution is 9.10. The van der Waals surface area contributed by atoms with Gasteiger partial charge in [-0.15, -0.1) is 0 Å². The Morgan fingerprint density at radius 2 is 1.94 bits per heavy atom. The molecule has 18 heavy (non-hydrogen) atoms. The zero-order valence-electron chi connectivity index (χ0n) is 11.4. The number of nitrogens with zero attached hydrogens (tertiary/aromatic N) is 1. The van der Waals surface area contributed by atoms with E-state index >= 15 is 0 Å². The number of hydrogen-bond donors (Lipinski definition) is 1. The van der Waals surface area contributed by atoms with Gasteiger partial charge in [0.1, 0.15) is 0 Å². The Morgan fingerprint density at radius 3 is 2.61 bits per heavy atom. The molecule has 2 nitrogen and oxygen atoms in total. The van der Waals surface area contributed by atoms with E-state index < -0.39 is 0 Å². The van der Waals surface area contributed by atoms with Crippen LogP contribution in [0, 0.1) is 0 Å². The number of nitrogens with one attached hydrogen (secondary N) is 1. The lowest BCUT2D eigenvalue weighted by atomic mass is 9.74. The highest BCUT2D eigenvalue weighted by atomic mass is 79.9. The summed E-state index contributed by atoms with van der Waals surface area (Å²) in [5, 5.41) is 3.40. The fourth-order valence-corrected chi connectivity index (χ4v) is 3.30. The van der Waals surface area contributed by atoms with Crippen molar-refractivity contribution in [1.82, 2.24) is 10.2 Å². The van der Waals surface area contributed by atoms with Crippen molar-refractivity contribution < 1.29 is 0 Å². The zero-order chi connectivity index (χ0) is 13.0. The van der Waals surface area contributed by atoms with Crippen LogP contribution >= 0.6 is 15.9 Å². The lowest BCUT2D eigenvalue weighted by Gasteiger charge is -2.33. The second-order valence-electron chi connectivity index (χ2n) is 5.47. The Labute approximate surface area is 119 Å². The van der Waals surface area contributed by atoms with E-state index in [4.69, 9.17) is 0 Å². The summed E-state index contributed by atoms with van der Waals surface area (Å²) < 4.78 is 1.16. The van der Waals surface area contributed by atoms with Crippen LogP contribution in [0.2, 0.25) is 0 Å². The van der Waals surface area contributed by atoms with E-state index in [1.54, 1.807) is 0 Å². The van der Waals surface area contributed by atoms with Crippen molar-refractivity contribution in [2.24, 2.45) is 0 Å². The van der Waals surface area contributed by atoms with Gasteiger partial charge in [-0.1, -0.05) is 28.1 Å². The summed E-state index contributed by atoms with van der Waals surface area (Å²) in [6, 6.07) is 8.90. The Hall–Kier alpha value is -0.380. The van der Waals surface area contributed by atoms with Gasteiger partial charge >= 0.3 is 0 Å². The van der Waals surface area contributed by atoms with E-state index in [9.17, 15) is 0 Å². The minimum atomic E-state index is 0.306. The highest BCUT2D eigenvalue weighted by Crippen LogP contribution is 2.35. The largest absolute Gasteiger partial charge is 0.319 e. The van der Waals surface area contributed by atoms with Gasteiger partial charge in [0.05, 0.1) is 0 Å². The molecule has 1 heterocycles. The summed E-state index contributed by atoms with van der Waals surface area (Å²) in [6.45, 7) is 3.49. The Bertz CT molecular complexity index is 377. The topological polar surface area (TPSA) is 15.3 Å². The lowest BCUT2D eigenvalue weighted by Crippen LogP contribution is -2.37. The van der Waals surface area contributed by atoms with E-state index in [1.807, 2.05) is 0 Å². The van der Waals surface area contributed by atoms with Gasteiger partial charge in [-0.05, 0) is 64.1 Å². The van der Waals surface area contributed by atoms with Crippen molar-refractivity contribution in [3.63, 3.8) is 0 Å². The normalized spacial score (nSPS) is 25.9. The predicted octanol–water partition coefficient (Wildman–Crippen LogP) is 3.02. The van der Waals surface area contributed by atoms with Crippen molar-refractivity contribution in [2.45, 2.75) is 24.7 Å². The van der Waals surface area contributed by atoms with Gasteiger partial charge < -0.3 is 10.2 Å². The molecule has 1 aliphatic rings. The number of rotatable bonds is 3. The molecule has 1 N–H and O–H groups in total. The molecule has 1 fully saturated rings. The molecule has 0 aliphatic carbocycles. The molecule has 1 aromatic rings. The third-order valence-electron chi connectivity index (χ3n) is 4.14. The SMILES string of the molecule is CNCC1(c2ccc(Br)cc2)CCCN(C)CC1. The van der Waals surface area contributed by atoms with Crippen LogP contribution in [0.5, 0.6) is 0 Å². The van der Waals surface area contributed by atoms with Crippen LogP contribution < -0.4 is 5.32 Å². The van der Waals surface area contributed by atoms with Gasteiger partial charge in [0.2, 0.25) is 0 Å². The van der Waals surface area contributed by atoms with Gasteiger partial charge in [0.15, 0.2) is 0 Å². The second kappa shape index (κ2) is 6.18. The molecule has 3 heteroatoms. The molecule has 0 bridgehead atoms. The molecule has 0 spiro atoms. The highest BCUT2D eigenvalue weighted by Gasteiger charge is 2.33. The summed E-state index contributed by atoms with van der Waals surface area (Å²) in [6.07, 6.45) is 3.81. The van der Waals surface area contributed by atoms with Crippen molar-refractivity contribution in [1.29, 1.82) is 0 Å². The number of benzene rings is 1. The maximum Gasteiger partial charge on any atom is 0.0175 e. The van der Waals surface area contributed by atoms with Gasteiger partial charge in [-0.25, -0.2) is 0 Å². The number of likely N-dealkylation sites (N-methyl/N-ethyl adjacent to an activating group) is 1. The minimum absolute atomic E-state index is 0.306. The summed E-state index contributed by atoms with van der Waals surface area (Å²) in [5.74, 6) is 0. The molecular formula is C15H23BrN2. The first-order chi connectivity index (χ1) is 8.66. The van der Waals surface area contributed by atoms with Gasteiger partial charge in [-0.2, -0.15) is 0 Å². The Kier molecular flexibility index (Phi) is 4.82. The molecule has 1 atom stereocenters. The predicted molar refractivity (Wildman–Crippen MR) is 81.1 cm³/mol. The number of hydrogen-bond acceptors (Lipinski definition) is 2. The second-order valence-corrected chi connectivity index (χ2v) is 6.39. The van der Waals surface area contributed by atoms with Crippen LogP contribution in [0.4, 0.5) is 0 Å². The summed E-state index contributed by atoms with van der Waals surface area (Å²) in [7, 11) is 4.30. The van der Waals surface area contributed by atoms with E-state index in [0.717, 1.165) is 11.0 Å². The van der Waals surface area contributed by atoms with Crippen LogP contribution in [-0.4, -0.2) is 38.6 Å². The minimum Gasteiger partial charge on any atom is -0.319 e. The average Bonchev–Trinajstić information content (AvgIpc) is 2.54.